The van der Waals surface area contributed by atoms with Gasteiger partial charge in [-0.25, -0.2) is 0 Å². The van der Waals surface area contributed by atoms with Crippen LogP contribution in [0.15, 0.2) is 30.3 Å². The van der Waals surface area contributed by atoms with Crippen molar-refractivity contribution in [2.24, 2.45) is 0 Å². The molecule has 0 unspecified atom stereocenters. The van der Waals surface area contributed by atoms with Crippen molar-refractivity contribution in [3.05, 3.63) is 35.9 Å². The van der Waals surface area contributed by atoms with Gasteiger partial charge in [-0.15, -0.1) is 0 Å². The summed E-state index contributed by atoms with van der Waals surface area (Å²) in [6.45, 7) is 2.50. The van der Waals surface area contributed by atoms with Gasteiger partial charge in [-0.3, -0.25) is 14.5 Å². The Hall–Kier alpha value is -1.53. The maximum absolute atomic E-state index is 12.9. The summed E-state index contributed by atoms with van der Waals surface area (Å²) < 4.78 is 0. The summed E-state index contributed by atoms with van der Waals surface area (Å²) in [6.07, 6.45) is 1.63. The molecule has 2 N–H and O–H groups in total. The number of nitrogens with zero attached hydrogens (tertiary/aromatic N) is 1. The molecule has 2 atom stereocenters. The maximum atomic E-state index is 12.9. The van der Waals surface area contributed by atoms with E-state index in [1.165, 1.54) is 0 Å². The van der Waals surface area contributed by atoms with Crippen molar-refractivity contribution in [2.45, 2.75) is 24.9 Å². The molecule has 23 heavy (non-hydrogen) atoms. The molecule has 2 heterocycles. The SMILES string of the molecule is O=C1NCCC[C@@H]1NC(=O)[C@@H](c1ccccc1)N1CCSCC1. The van der Waals surface area contributed by atoms with Gasteiger partial charge in [0.25, 0.3) is 0 Å². The minimum atomic E-state index is -0.401. The number of rotatable bonds is 4. The molecule has 124 valence electrons. The van der Waals surface area contributed by atoms with Crippen LogP contribution in [0.3, 0.4) is 0 Å². The first-order valence-corrected chi connectivity index (χ1v) is 9.36. The third-order valence-corrected chi connectivity index (χ3v) is 5.32. The molecule has 2 aliphatic rings. The van der Waals surface area contributed by atoms with Crippen LogP contribution >= 0.6 is 11.8 Å². The van der Waals surface area contributed by atoms with Crippen LogP contribution in [0, 0.1) is 0 Å². The molecule has 0 radical (unpaired) electrons. The van der Waals surface area contributed by atoms with Crippen molar-refractivity contribution in [1.29, 1.82) is 0 Å². The van der Waals surface area contributed by atoms with E-state index >= 15 is 0 Å². The molecule has 0 spiro atoms. The molecular formula is C17H23N3O2S. The number of hydrogen-bond donors (Lipinski definition) is 2. The molecule has 1 aromatic rings. The Labute approximate surface area is 141 Å². The fourth-order valence-electron chi connectivity index (χ4n) is 3.16. The first kappa shape index (κ1) is 16.3. The topological polar surface area (TPSA) is 61.4 Å². The number of hydrogen-bond acceptors (Lipinski definition) is 4. The van der Waals surface area contributed by atoms with Gasteiger partial charge in [0.1, 0.15) is 12.1 Å². The van der Waals surface area contributed by atoms with Gasteiger partial charge in [-0.2, -0.15) is 11.8 Å². The van der Waals surface area contributed by atoms with Crippen molar-refractivity contribution >= 4 is 23.6 Å². The van der Waals surface area contributed by atoms with Crippen LogP contribution in [0.1, 0.15) is 24.4 Å². The second-order valence-electron chi connectivity index (χ2n) is 5.96. The fraction of sp³-hybridized carbons (Fsp3) is 0.529. The van der Waals surface area contributed by atoms with Crippen molar-refractivity contribution < 1.29 is 9.59 Å². The van der Waals surface area contributed by atoms with E-state index in [1.54, 1.807) is 0 Å². The Morgan fingerprint density at radius 2 is 2.00 bits per heavy atom. The van der Waals surface area contributed by atoms with E-state index in [1.807, 2.05) is 42.1 Å². The molecular weight excluding hydrogens is 310 g/mol. The third kappa shape index (κ3) is 4.06. The highest BCUT2D eigenvalue weighted by atomic mass is 32.2. The lowest BCUT2D eigenvalue weighted by Gasteiger charge is -2.35. The summed E-state index contributed by atoms with van der Waals surface area (Å²) in [5.74, 6) is 1.96. The number of thioether (sulfide) groups is 1. The highest BCUT2D eigenvalue weighted by Crippen LogP contribution is 2.25. The molecule has 3 rings (SSSR count). The average Bonchev–Trinajstić information content (AvgIpc) is 2.59. The van der Waals surface area contributed by atoms with Crippen LogP contribution in [-0.4, -0.2) is 53.9 Å². The van der Waals surface area contributed by atoms with E-state index in [0.29, 0.717) is 6.54 Å². The zero-order valence-electron chi connectivity index (χ0n) is 13.2. The summed E-state index contributed by atoms with van der Waals surface area (Å²) in [7, 11) is 0. The Morgan fingerprint density at radius 1 is 1.26 bits per heavy atom. The Bertz CT molecular complexity index is 546. The molecule has 2 saturated heterocycles. The molecule has 2 aliphatic heterocycles. The molecule has 0 bridgehead atoms. The van der Waals surface area contributed by atoms with E-state index in [0.717, 1.165) is 43.0 Å². The normalized spacial score (nSPS) is 23.8. The number of carbonyl (C=O) groups is 2. The van der Waals surface area contributed by atoms with Gasteiger partial charge in [0.15, 0.2) is 0 Å². The molecule has 0 aromatic heterocycles. The summed E-state index contributed by atoms with van der Waals surface area (Å²) in [5, 5.41) is 5.79. The van der Waals surface area contributed by atoms with Crippen LogP contribution in [0.25, 0.3) is 0 Å². The van der Waals surface area contributed by atoms with Gasteiger partial charge in [-0.05, 0) is 18.4 Å². The van der Waals surface area contributed by atoms with Crippen molar-refractivity contribution in [3.8, 4) is 0 Å². The first-order valence-electron chi connectivity index (χ1n) is 8.20. The first-order chi connectivity index (χ1) is 11.3. The van der Waals surface area contributed by atoms with Gasteiger partial charge >= 0.3 is 0 Å². The zero-order chi connectivity index (χ0) is 16.1. The number of benzene rings is 1. The Kier molecular flexibility index (Phi) is 5.56. The number of carbonyl (C=O) groups excluding carboxylic acids is 2. The average molecular weight is 333 g/mol. The number of piperidine rings is 1. The van der Waals surface area contributed by atoms with Crippen LogP contribution in [0.4, 0.5) is 0 Å². The third-order valence-electron chi connectivity index (χ3n) is 4.38. The highest BCUT2D eigenvalue weighted by molar-refractivity contribution is 7.99. The van der Waals surface area contributed by atoms with Crippen LogP contribution in [0.2, 0.25) is 0 Å². The predicted octanol–water partition coefficient (Wildman–Crippen LogP) is 1.17. The lowest BCUT2D eigenvalue weighted by molar-refractivity contribution is -0.133. The van der Waals surface area contributed by atoms with Gasteiger partial charge < -0.3 is 10.6 Å². The molecule has 5 nitrogen and oxygen atoms in total. The zero-order valence-corrected chi connectivity index (χ0v) is 14.0. The lowest BCUT2D eigenvalue weighted by atomic mass is 10.0. The summed E-state index contributed by atoms with van der Waals surface area (Å²) in [4.78, 5) is 27.1. The second kappa shape index (κ2) is 7.84. The van der Waals surface area contributed by atoms with E-state index in [4.69, 9.17) is 0 Å². The van der Waals surface area contributed by atoms with E-state index in [9.17, 15) is 9.59 Å². The molecule has 6 heteroatoms. The molecule has 0 saturated carbocycles. The van der Waals surface area contributed by atoms with E-state index < -0.39 is 6.04 Å². The minimum absolute atomic E-state index is 0.0642. The summed E-state index contributed by atoms with van der Waals surface area (Å²) in [5.41, 5.74) is 0.994. The smallest absolute Gasteiger partial charge is 0.242 e. The summed E-state index contributed by atoms with van der Waals surface area (Å²) in [6, 6.07) is 9.15. The Balaban J connectivity index is 1.76. The van der Waals surface area contributed by atoms with Gasteiger partial charge in [0.2, 0.25) is 11.8 Å². The number of nitrogens with one attached hydrogen (secondary N) is 2. The van der Waals surface area contributed by atoms with Gasteiger partial charge in [0.05, 0.1) is 0 Å². The fourth-order valence-corrected chi connectivity index (χ4v) is 4.09. The van der Waals surface area contributed by atoms with Crippen LogP contribution in [0.5, 0.6) is 0 Å². The highest BCUT2D eigenvalue weighted by Gasteiger charge is 2.32. The Morgan fingerprint density at radius 3 is 2.70 bits per heavy atom. The van der Waals surface area contributed by atoms with Crippen molar-refractivity contribution in [1.82, 2.24) is 15.5 Å². The van der Waals surface area contributed by atoms with E-state index in [2.05, 4.69) is 15.5 Å². The van der Waals surface area contributed by atoms with Crippen molar-refractivity contribution in [2.75, 3.05) is 31.1 Å². The van der Waals surface area contributed by atoms with Crippen LogP contribution < -0.4 is 10.6 Å². The molecule has 0 aliphatic carbocycles. The monoisotopic (exact) mass is 333 g/mol. The minimum Gasteiger partial charge on any atom is -0.354 e. The van der Waals surface area contributed by atoms with E-state index in [-0.39, 0.29) is 17.9 Å². The van der Waals surface area contributed by atoms with Crippen molar-refractivity contribution in [3.63, 3.8) is 0 Å². The lowest BCUT2D eigenvalue weighted by Crippen LogP contribution is -2.53. The van der Waals surface area contributed by atoms with Gasteiger partial charge in [0, 0.05) is 31.1 Å². The molecule has 2 amide bonds. The standard InChI is InChI=1S/C17H23N3O2S/c21-16-14(7-4-8-18-16)19-17(22)15(13-5-2-1-3-6-13)20-9-11-23-12-10-20/h1-3,5-6,14-15H,4,7-12H2,(H,18,21)(H,19,22)/t14-,15+/m0/s1. The van der Waals surface area contributed by atoms with Gasteiger partial charge in [-0.1, -0.05) is 30.3 Å². The second-order valence-corrected chi connectivity index (χ2v) is 7.18. The number of amides is 2. The predicted molar refractivity (Wildman–Crippen MR) is 92.3 cm³/mol. The molecule has 1 aromatic carbocycles. The molecule has 2 fully saturated rings. The summed E-state index contributed by atoms with van der Waals surface area (Å²) >= 11 is 1.92. The van der Waals surface area contributed by atoms with Crippen LogP contribution in [-0.2, 0) is 9.59 Å². The quantitative estimate of drug-likeness (QED) is 0.868. The maximum Gasteiger partial charge on any atom is 0.242 e. The largest absolute Gasteiger partial charge is 0.354 e.